The Morgan fingerprint density at radius 2 is 2.25 bits per heavy atom. The average Bonchev–Trinajstić information content (AvgIpc) is 3.21. The van der Waals surface area contributed by atoms with E-state index in [2.05, 4.69) is 56.9 Å². The molecule has 0 bridgehead atoms. The summed E-state index contributed by atoms with van der Waals surface area (Å²) in [6.07, 6.45) is 9.27. The van der Waals surface area contributed by atoms with Gasteiger partial charge in [0.15, 0.2) is 0 Å². The van der Waals surface area contributed by atoms with Crippen molar-refractivity contribution in [2.75, 3.05) is 20.6 Å². The highest BCUT2D eigenvalue weighted by Crippen LogP contribution is 2.34. The normalized spacial score (nSPS) is 25.4. The summed E-state index contributed by atoms with van der Waals surface area (Å²) >= 11 is 0. The summed E-state index contributed by atoms with van der Waals surface area (Å²) in [6.45, 7) is 0.815. The highest BCUT2D eigenvalue weighted by molar-refractivity contribution is 5.55. The van der Waals surface area contributed by atoms with Gasteiger partial charge in [-0.1, -0.05) is 0 Å². The van der Waals surface area contributed by atoms with Crippen LogP contribution in [-0.2, 0) is 6.42 Å². The van der Waals surface area contributed by atoms with E-state index in [0.29, 0.717) is 6.04 Å². The lowest BCUT2D eigenvalue weighted by atomic mass is 9.92. The van der Waals surface area contributed by atoms with Crippen molar-refractivity contribution in [3.63, 3.8) is 0 Å². The maximum Gasteiger partial charge on any atom is 0.115 e. The number of nitrogens with one attached hydrogen (secondary N) is 3. The zero-order valence-corrected chi connectivity index (χ0v) is 14.2. The molecule has 1 aliphatic carbocycles. The lowest BCUT2D eigenvalue weighted by Gasteiger charge is -2.28. The maximum atomic E-state index is 4.38. The molecule has 2 unspecified atom stereocenters. The Morgan fingerprint density at radius 3 is 3.04 bits per heavy atom. The van der Waals surface area contributed by atoms with Crippen LogP contribution in [0.5, 0.6) is 0 Å². The number of fused-ring (bicyclic) bond motifs is 1. The monoisotopic (exact) mass is 324 g/mol. The smallest absolute Gasteiger partial charge is 0.115 e. The number of aromatic amines is 1. The number of nitrogens with zero attached hydrogens (tertiary/aromatic N) is 3. The number of rotatable bonds is 3. The molecule has 0 saturated carbocycles. The third kappa shape index (κ3) is 2.88. The summed E-state index contributed by atoms with van der Waals surface area (Å²) in [5.74, 6) is 0. The predicted molar refractivity (Wildman–Crippen MR) is 94.0 cm³/mol. The van der Waals surface area contributed by atoms with Gasteiger partial charge >= 0.3 is 0 Å². The molecular weight excluding hydrogens is 300 g/mol. The molecule has 0 amide bonds. The highest BCUT2D eigenvalue weighted by atomic mass is 15.4. The van der Waals surface area contributed by atoms with Crippen molar-refractivity contribution < 1.29 is 0 Å². The van der Waals surface area contributed by atoms with Crippen LogP contribution in [0.3, 0.4) is 0 Å². The van der Waals surface area contributed by atoms with Gasteiger partial charge in [0.25, 0.3) is 0 Å². The van der Waals surface area contributed by atoms with Gasteiger partial charge in [-0.15, -0.1) is 0 Å². The molecule has 1 saturated heterocycles. The van der Waals surface area contributed by atoms with Gasteiger partial charge in [-0.25, -0.2) is 15.4 Å². The Kier molecular flexibility index (Phi) is 4.18. The molecule has 4 rings (SSSR count). The average molecular weight is 324 g/mol. The third-order valence-electron chi connectivity index (χ3n) is 4.99. The van der Waals surface area contributed by atoms with Gasteiger partial charge < -0.3 is 9.88 Å². The van der Waals surface area contributed by atoms with E-state index >= 15 is 0 Å². The second-order valence-corrected chi connectivity index (χ2v) is 6.81. The first-order valence-corrected chi connectivity index (χ1v) is 8.55. The Bertz CT molecular complexity index is 733. The van der Waals surface area contributed by atoms with Crippen molar-refractivity contribution in [3.8, 4) is 0 Å². The maximum absolute atomic E-state index is 4.38. The topological polar surface area (TPSA) is 68.9 Å². The van der Waals surface area contributed by atoms with Crippen molar-refractivity contribution >= 4 is 6.08 Å². The molecule has 6 nitrogen and oxygen atoms in total. The Balaban J connectivity index is 1.64. The van der Waals surface area contributed by atoms with E-state index in [1.807, 2.05) is 6.07 Å². The number of aromatic nitrogens is 3. The molecule has 2 atom stereocenters. The Morgan fingerprint density at radius 1 is 1.33 bits per heavy atom. The molecule has 1 aliphatic heterocycles. The molecule has 0 aromatic carbocycles. The van der Waals surface area contributed by atoms with E-state index in [-0.39, 0.29) is 6.04 Å². The van der Waals surface area contributed by atoms with Gasteiger partial charge in [-0.3, -0.25) is 5.43 Å². The fourth-order valence-electron chi connectivity index (χ4n) is 3.80. The first kappa shape index (κ1) is 15.5. The van der Waals surface area contributed by atoms with Crippen LogP contribution in [0.15, 0.2) is 30.2 Å². The lowest BCUT2D eigenvalue weighted by Crippen LogP contribution is -2.25. The number of H-pyrrole nitrogens is 1. The largest absolute Gasteiger partial charge is 0.359 e. The van der Waals surface area contributed by atoms with Crippen LogP contribution >= 0.6 is 0 Å². The van der Waals surface area contributed by atoms with E-state index in [1.165, 1.54) is 35.4 Å². The fourth-order valence-corrected chi connectivity index (χ4v) is 3.80. The van der Waals surface area contributed by atoms with E-state index in [1.54, 1.807) is 12.5 Å². The third-order valence-corrected chi connectivity index (χ3v) is 4.99. The number of hydrazine groups is 1. The SMILES string of the molecule is CN(C)C1CCCc2[nH]c(C=C3CNNC3c3ccncn3)cc21. The van der Waals surface area contributed by atoms with Gasteiger partial charge in [-0.2, -0.15) is 0 Å². The molecule has 2 aliphatic rings. The molecule has 2 aromatic rings. The van der Waals surface area contributed by atoms with Crippen molar-refractivity contribution in [3.05, 3.63) is 52.9 Å². The second kappa shape index (κ2) is 6.47. The minimum absolute atomic E-state index is 0.0953. The first-order valence-electron chi connectivity index (χ1n) is 8.55. The minimum Gasteiger partial charge on any atom is -0.359 e. The second-order valence-electron chi connectivity index (χ2n) is 6.81. The number of aryl methyl sites for hydroxylation is 1. The quantitative estimate of drug-likeness (QED) is 0.805. The minimum atomic E-state index is 0.0953. The first-order chi connectivity index (χ1) is 11.7. The molecule has 0 spiro atoms. The summed E-state index contributed by atoms with van der Waals surface area (Å²) in [5, 5.41) is 0. The van der Waals surface area contributed by atoms with Crippen molar-refractivity contribution in [2.24, 2.45) is 0 Å². The summed E-state index contributed by atoms with van der Waals surface area (Å²) in [6, 6.07) is 4.90. The van der Waals surface area contributed by atoms with Crippen LogP contribution in [-0.4, -0.2) is 40.5 Å². The summed E-state index contributed by atoms with van der Waals surface area (Å²) in [5.41, 5.74) is 12.8. The lowest BCUT2D eigenvalue weighted by molar-refractivity contribution is 0.268. The van der Waals surface area contributed by atoms with Crippen LogP contribution < -0.4 is 10.9 Å². The zero-order valence-electron chi connectivity index (χ0n) is 14.2. The van der Waals surface area contributed by atoms with Crippen molar-refractivity contribution in [2.45, 2.75) is 31.3 Å². The molecule has 3 heterocycles. The van der Waals surface area contributed by atoms with Gasteiger partial charge in [-0.05, 0) is 62.7 Å². The Labute approximate surface area is 142 Å². The van der Waals surface area contributed by atoms with Crippen LogP contribution in [0.1, 0.15) is 47.6 Å². The summed E-state index contributed by atoms with van der Waals surface area (Å²) in [4.78, 5) is 14.3. The van der Waals surface area contributed by atoms with E-state index in [9.17, 15) is 0 Å². The molecule has 6 heteroatoms. The van der Waals surface area contributed by atoms with Gasteiger partial charge in [0.1, 0.15) is 6.33 Å². The van der Waals surface area contributed by atoms with Gasteiger partial charge in [0, 0.05) is 30.2 Å². The molecule has 126 valence electrons. The molecule has 2 aromatic heterocycles. The van der Waals surface area contributed by atoms with Gasteiger partial charge in [0.2, 0.25) is 0 Å². The summed E-state index contributed by atoms with van der Waals surface area (Å²) < 4.78 is 0. The Hall–Kier alpha value is -2.02. The van der Waals surface area contributed by atoms with Crippen LogP contribution in [0.25, 0.3) is 6.08 Å². The van der Waals surface area contributed by atoms with Crippen LogP contribution in [0.2, 0.25) is 0 Å². The molecule has 0 radical (unpaired) electrons. The standard InChI is InChI=1S/C18H24N6/c1-24(2)17-5-3-4-15-14(17)9-13(22-15)8-12-10-21-23-18(12)16-6-7-19-11-20-16/h6-9,11,17-18,21-23H,3-5,10H2,1-2H3. The highest BCUT2D eigenvalue weighted by Gasteiger charge is 2.26. The molecule has 1 fully saturated rings. The van der Waals surface area contributed by atoms with Crippen molar-refractivity contribution in [1.29, 1.82) is 0 Å². The molecular formula is C18H24N6. The van der Waals surface area contributed by atoms with E-state index in [0.717, 1.165) is 18.7 Å². The van der Waals surface area contributed by atoms with Gasteiger partial charge in [0.05, 0.1) is 11.7 Å². The molecule has 24 heavy (non-hydrogen) atoms. The van der Waals surface area contributed by atoms with E-state index in [4.69, 9.17) is 0 Å². The predicted octanol–water partition coefficient (Wildman–Crippen LogP) is 1.98. The molecule has 3 N–H and O–H groups in total. The number of hydrogen-bond acceptors (Lipinski definition) is 5. The summed E-state index contributed by atoms with van der Waals surface area (Å²) in [7, 11) is 4.34. The number of hydrogen-bond donors (Lipinski definition) is 3. The van der Waals surface area contributed by atoms with Crippen molar-refractivity contribution in [1.82, 2.24) is 30.7 Å². The van der Waals surface area contributed by atoms with Crippen LogP contribution in [0, 0.1) is 0 Å². The fraction of sp³-hybridized carbons (Fsp3) is 0.444. The zero-order chi connectivity index (χ0) is 16.5. The van der Waals surface area contributed by atoms with Crippen LogP contribution in [0.4, 0.5) is 0 Å². The van der Waals surface area contributed by atoms with E-state index < -0.39 is 0 Å².